The number of methoxy groups -OCH3 is 1. The summed E-state index contributed by atoms with van der Waals surface area (Å²) < 4.78 is 16.8. The molecule has 174 valence electrons. The number of carbonyl (C=O) groups is 2. The van der Waals surface area contributed by atoms with E-state index in [1.807, 2.05) is 0 Å². The highest BCUT2D eigenvalue weighted by atomic mass is 32.2. The van der Waals surface area contributed by atoms with Gasteiger partial charge in [0.25, 0.3) is 0 Å². The van der Waals surface area contributed by atoms with E-state index in [1.54, 1.807) is 38.3 Å². The molecule has 0 radical (unpaired) electrons. The number of esters is 1. The largest absolute Gasteiger partial charge is 0.497 e. The third-order valence-corrected chi connectivity index (χ3v) is 7.42. The number of anilines is 1. The fourth-order valence-electron chi connectivity index (χ4n) is 3.66. The zero-order valence-corrected chi connectivity index (χ0v) is 19.9. The molecule has 0 saturated heterocycles. The number of carbonyl (C=O) groups excluding carboxylic acids is 2. The minimum absolute atomic E-state index is 0.0381. The molecule has 1 aromatic carbocycles. The summed E-state index contributed by atoms with van der Waals surface area (Å²) in [6, 6.07) is 7.03. The fraction of sp³-hybridized carbons (Fsp3) is 0.364. The van der Waals surface area contributed by atoms with Gasteiger partial charge in [0.15, 0.2) is 0 Å². The summed E-state index contributed by atoms with van der Waals surface area (Å²) in [5, 5.41) is 6.14. The highest BCUT2D eigenvalue weighted by molar-refractivity contribution is 7.99. The highest BCUT2D eigenvalue weighted by Gasteiger charge is 2.29. The molecule has 0 unspecified atom stereocenters. The number of H-pyrrole nitrogens is 1. The van der Waals surface area contributed by atoms with Gasteiger partial charge in [-0.05, 0) is 72.0 Å². The number of benzene rings is 1. The van der Waals surface area contributed by atoms with Crippen LogP contribution in [0.25, 0.3) is 5.69 Å². The van der Waals surface area contributed by atoms with Crippen molar-refractivity contribution in [2.24, 2.45) is 0 Å². The Morgan fingerprint density at radius 2 is 2.00 bits per heavy atom. The first-order valence-electron chi connectivity index (χ1n) is 10.5. The number of nitrogens with one attached hydrogen (secondary N) is 2. The Morgan fingerprint density at radius 3 is 2.73 bits per heavy atom. The number of thiophene rings is 1. The highest BCUT2D eigenvalue weighted by Crippen LogP contribution is 2.38. The van der Waals surface area contributed by atoms with E-state index < -0.39 is 11.6 Å². The van der Waals surface area contributed by atoms with Crippen molar-refractivity contribution >= 4 is 40.0 Å². The molecule has 3 aromatic rings. The molecule has 0 atom stereocenters. The number of thioether (sulfide) groups is 1. The van der Waals surface area contributed by atoms with Crippen LogP contribution in [0.3, 0.4) is 0 Å². The van der Waals surface area contributed by atoms with E-state index in [2.05, 4.69) is 10.6 Å². The average molecular weight is 491 g/mol. The Kier molecular flexibility index (Phi) is 7.19. The number of ether oxygens (including phenoxy) is 2. The first kappa shape index (κ1) is 23.1. The minimum Gasteiger partial charge on any atom is -0.497 e. The summed E-state index contributed by atoms with van der Waals surface area (Å²) in [5.41, 5.74) is 1.52. The van der Waals surface area contributed by atoms with Crippen molar-refractivity contribution in [3.63, 3.8) is 0 Å². The topological polar surface area (TPSA) is 115 Å². The molecule has 0 fully saturated rings. The predicted octanol–water partition coefficient (Wildman–Crippen LogP) is 3.10. The number of amides is 1. The lowest BCUT2D eigenvalue weighted by molar-refractivity contribution is -0.704. The Balaban J connectivity index is 1.50. The van der Waals surface area contributed by atoms with E-state index in [4.69, 9.17) is 14.0 Å². The summed E-state index contributed by atoms with van der Waals surface area (Å²) in [6.45, 7) is 2.02. The Bertz CT molecular complexity index is 1210. The second kappa shape index (κ2) is 10.3. The van der Waals surface area contributed by atoms with E-state index in [1.165, 1.54) is 16.0 Å². The Hall–Kier alpha value is -3.05. The summed E-state index contributed by atoms with van der Waals surface area (Å²) >= 11 is 2.47. The second-order valence-corrected chi connectivity index (χ2v) is 9.36. The average Bonchev–Trinajstić information content (AvgIpc) is 3.37. The predicted molar refractivity (Wildman–Crippen MR) is 124 cm³/mol. The van der Waals surface area contributed by atoms with E-state index in [-0.39, 0.29) is 23.3 Å². The number of aromatic amines is 1. The van der Waals surface area contributed by atoms with Crippen LogP contribution in [-0.2, 0) is 22.4 Å². The maximum Gasteiger partial charge on any atom is 0.442 e. The van der Waals surface area contributed by atoms with Gasteiger partial charge in [-0.3, -0.25) is 9.32 Å². The molecule has 0 spiro atoms. The number of nitrogens with zero attached hydrogens (tertiary/aromatic N) is 1. The molecule has 2 aromatic heterocycles. The maximum atomic E-state index is 12.7. The van der Waals surface area contributed by atoms with Gasteiger partial charge in [-0.2, -0.15) is 0 Å². The van der Waals surface area contributed by atoms with Crippen molar-refractivity contribution < 1.29 is 28.3 Å². The normalized spacial score (nSPS) is 12.8. The second-order valence-electron chi connectivity index (χ2n) is 7.29. The van der Waals surface area contributed by atoms with E-state index >= 15 is 0 Å². The number of aromatic nitrogens is 2. The molecule has 0 bridgehead atoms. The summed E-state index contributed by atoms with van der Waals surface area (Å²) in [6.07, 6.45) is 3.77. The molecular weight excluding hydrogens is 466 g/mol. The number of rotatable bonds is 8. The SMILES string of the molecule is CCOC(=O)c1c(NC(=O)CSc2c(=O)o[nH][n+]2-c2ccc(OC)cc2)sc2c1CCCC2. The summed E-state index contributed by atoms with van der Waals surface area (Å²) in [4.78, 5) is 38.6. The molecule has 2 heterocycles. The van der Waals surface area contributed by atoms with Gasteiger partial charge in [0.2, 0.25) is 11.6 Å². The third-order valence-electron chi connectivity index (χ3n) is 5.18. The third kappa shape index (κ3) is 4.98. The van der Waals surface area contributed by atoms with E-state index in [0.717, 1.165) is 47.9 Å². The first-order chi connectivity index (χ1) is 16.0. The maximum absolute atomic E-state index is 12.7. The lowest BCUT2D eigenvalue weighted by Crippen LogP contribution is -2.36. The van der Waals surface area contributed by atoms with Crippen LogP contribution in [0.4, 0.5) is 5.00 Å². The summed E-state index contributed by atoms with van der Waals surface area (Å²) in [7, 11) is 1.57. The molecule has 1 aliphatic rings. The van der Waals surface area contributed by atoms with Crippen LogP contribution in [0.15, 0.2) is 38.6 Å². The van der Waals surface area contributed by atoms with Gasteiger partial charge in [0.1, 0.15) is 10.8 Å². The molecule has 2 N–H and O–H groups in total. The van der Waals surface area contributed by atoms with Crippen molar-refractivity contribution in [2.75, 3.05) is 24.8 Å². The number of fused-ring (bicyclic) bond motifs is 1. The number of hydrogen-bond donors (Lipinski definition) is 2. The van der Waals surface area contributed by atoms with Gasteiger partial charge in [0, 0.05) is 17.0 Å². The molecule has 0 aliphatic heterocycles. The Morgan fingerprint density at radius 1 is 1.24 bits per heavy atom. The van der Waals surface area contributed by atoms with Crippen molar-refractivity contribution in [3.05, 3.63) is 50.7 Å². The van der Waals surface area contributed by atoms with Crippen LogP contribution in [-0.4, -0.2) is 36.6 Å². The van der Waals surface area contributed by atoms with Gasteiger partial charge < -0.3 is 14.8 Å². The van der Waals surface area contributed by atoms with Gasteiger partial charge in [-0.25, -0.2) is 9.59 Å². The van der Waals surface area contributed by atoms with Crippen LogP contribution >= 0.6 is 23.1 Å². The molecule has 0 saturated carbocycles. The molecule has 1 aliphatic carbocycles. The molecule has 4 rings (SSSR count). The van der Waals surface area contributed by atoms with Crippen LogP contribution in [0.2, 0.25) is 0 Å². The zero-order chi connectivity index (χ0) is 23.4. The van der Waals surface area contributed by atoms with Gasteiger partial charge in [-0.1, -0.05) is 0 Å². The van der Waals surface area contributed by atoms with E-state index in [9.17, 15) is 14.4 Å². The molecule has 1 amide bonds. The molecule has 11 heteroatoms. The van der Waals surface area contributed by atoms with Crippen molar-refractivity contribution in [1.29, 1.82) is 0 Å². The smallest absolute Gasteiger partial charge is 0.442 e. The van der Waals surface area contributed by atoms with Crippen molar-refractivity contribution in [2.45, 2.75) is 37.6 Å². The van der Waals surface area contributed by atoms with Crippen molar-refractivity contribution in [3.8, 4) is 11.4 Å². The van der Waals surface area contributed by atoms with Crippen LogP contribution in [0.1, 0.15) is 40.6 Å². The zero-order valence-electron chi connectivity index (χ0n) is 18.3. The lowest BCUT2D eigenvalue weighted by Gasteiger charge is -2.12. The standard InChI is InChI=1S/C22H23N3O6S2/c1-3-30-21(27)18-15-6-4-5-7-16(15)33-19(18)23-17(26)12-32-20-22(28)31-24-25(20)13-8-10-14(29-2)11-9-13/h8-11H,3-7,12H2,1-2H3,(H-,23,24,26,27,28)/p+1. The minimum atomic E-state index is -0.581. The van der Waals surface area contributed by atoms with E-state index in [0.29, 0.717) is 22.0 Å². The van der Waals surface area contributed by atoms with Gasteiger partial charge in [-0.15, -0.1) is 11.3 Å². The number of hydrogen-bond acceptors (Lipinski definition) is 8. The first-order valence-corrected chi connectivity index (χ1v) is 12.3. The van der Waals surface area contributed by atoms with Gasteiger partial charge in [0.05, 0.1) is 25.0 Å². The van der Waals surface area contributed by atoms with Crippen LogP contribution < -0.4 is 20.4 Å². The van der Waals surface area contributed by atoms with Crippen LogP contribution in [0.5, 0.6) is 5.75 Å². The molecule has 33 heavy (non-hydrogen) atoms. The van der Waals surface area contributed by atoms with Gasteiger partial charge >= 0.3 is 16.6 Å². The monoisotopic (exact) mass is 490 g/mol. The lowest BCUT2D eigenvalue weighted by atomic mass is 9.95. The number of aryl methyl sites for hydroxylation is 1. The van der Waals surface area contributed by atoms with Crippen LogP contribution in [0, 0.1) is 0 Å². The molecule has 9 nitrogen and oxygen atoms in total. The Labute approximate surface area is 198 Å². The summed E-state index contributed by atoms with van der Waals surface area (Å²) in [5.74, 6) is -0.104. The molecular formula is C22H24N3O6S2+. The quantitative estimate of drug-likeness (QED) is 0.283. The fourth-order valence-corrected chi connectivity index (χ4v) is 5.72. The van der Waals surface area contributed by atoms with Crippen molar-refractivity contribution in [1.82, 2.24) is 5.27 Å².